The number of hydrogen-bond acceptors (Lipinski definition) is 0. The van der Waals surface area contributed by atoms with E-state index in [9.17, 15) is 0 Å². The van der Waals surface area contributed by atoms with Gasteiger partial charge in [-0.15, -0.1) is 0 Å². The first-order valence-electron chi connectivity index (χ1n) is 4.44. The molecule has 0 heterocycles. The lowest BCUT2D eigenvalue weighted by Gasteiger charge is -2.21. The van der Waals surface area contributed by atoms with Crippen LogP contribution in [-0.2, 0) is 0 Å². The fourth-order valence-electron chi connectivity index (χ4n) is 3.15. The molecule has 3 aliphatic rings. The van der Waals surface area contributed by atoms with Gasteiger partial charge in [0.05, 0.1) is 0 Å². The molecule has 0 unspecified atom stereocenters. The Kier molecular flexibility index (Phi) is 0.480. The Morgan fingerprint density at radius 1 is 1.00 bits per heavy atom. The van der Waals surface area contributed by atoms with Crippen LogP contribution in [0.15, 0.2) is 30.3 Å². The van der Waals surface area contributed by atoms with E-state index in [1.54, 1.807) is 18.4 Å². The van der Waals surface area contributed by atoms with Crippen molar-refractivity contribution in [3.8, 4) is 0 Å². The predicted molar refractivity (Wildman–Crippen MR) is 43.3 cm³/mol. The van der Waals surface area contributed by atoms with Gasteiger partial charge in [0.1, 0.15) is 0 Å². The molecule has 11 heavy (non-hydrogen) atoms. The fraction of sp³-hybridized carbons (Fsp3) is 0.455. The van der Waals surface area contributed by atoms with Crippen molar-refractivity contribution in [2.45, 2.75) is 18.8 Å². The molecule has 0 radical (unpaired) electrons. The van der Waals surface area contributed by atoms with Crippen LogP contribution in [0.5, 0.6) is 0 Å². The number of rotatable bonds is 1. The lowest BCUT2D eigenvalue weighted by atomic mass is 9.83. The van der Waals surface area contributed by atoms with Crippen LogP contribution in [-0.4, -0.2) is 0 Å². The van der Waals surface area contributed by atoms with E-state index < -0.39 is 0 Å². The van der Waals surface area contributed by atoms with Gasteiger partial charge in [-0.3, -0.25) is 0 Å². The summed E-state index contributed by atoms with van der Waals surface area (Å²) in [5.41, 5.74) is 3.37. The fourth-order valence-corrected chi connectivity index (χ4v) is 3.15. The van der Waals surface area contributed by atoms with E-state index in [1.807, 2.05) is 0 Å². The Balaban J connectivity index is 1.78. The Morgan fingerprint density at radius 3 is 2.09 bits per heavy atom. The number of benzene rings is 1. The van der Waals surface area contributed by atoms with Crippen LogP contribution in [0.4, 0.5) is 0 Å². The Morgan fingerprint density at radius 2 is 1.64 bits per heavy atom. The van der Waals surface area contributed by atoms with Gasteiger partial charge in [0.25, 0.3) is 0 Å². The Labute approximate surface area is 66.2 Å². The molecule has 0 N–H and O–H groups in total. The zero-order chi connectivity index (χ0) is 7.10. The molecule has 0 bridgehead atoms. The average Bonchev–Trinajstić information content (AvgIpc) is 2.75. The minimum atomic E-state index is 0.883. The van der Waals surface area contributed by atoms with Gasteiger partial charge in [-0.1, -0.05) is 30.3 Å². The monoisotopic (exact) mass is 142 g/mol. The summed E-state index contributed by atoms with van der Waals surface area (Å²) in [5.74, 6) is 0.996. The summed E-state index contributed by atoms with van der Waals surface area (Å²) >= 11 is 0. The minimum Gasteiger partial charge on any atom is -0.0622 e. The van der Waals surface area contributed by atoms with Crippen molar-refractivity contribution in [2.24, 2.45) is 10.8 Å². The molecule has 3 saturated carbocycles. The summed E-state index contributed by atoms with van der Waals surface area (Å²) in [7, 11) is 0. The zero-order valence-electron chi connectivity index (χ0n) is 6.38. The van der Waals surface area contributed by atoms with E-state index in [0.717, 1.165) is 16.7 Å². The van der Waals surface area contributed by atoms with E-state index in [2.05, 4.69) is 30.3 Å². The molecule has 54 valence electrons. The van der Waals surface area contributed by atoms with E-state index >= 15 is 0 Å². The molecule has 0 nitrogen and oxygen atoms in total. The summed E-state index contributed by atoms with van der Waals surface area (Å²) in [5, 5.41) is 0. The van der Waals surface area contributed by atoms with Crippen LogP contribution in [0.25, 0.3) is 0 Å². The normalized spacial score (nSPS) is 54.4. The van der Waals surface area contributed by atoms with Crippen molar-refractivity contribution in [3.05, 3.63) is 35.9 Å². The molecule has 0 heteroatoms. The second kappa shape index (κ2) is 1.06. The maximum Gasteiger partial charge on any atom is -0.00368 e. The molecular weight excluding hydrogens is 132 g/mol. The van der Waals surface area contributed by atoms with E-state index in [0.29, 0.717) is 0 Å². The molecule has 0 aromatic heterocycles. The molecule has 3 fully saturated rings. The largest absolute Gasteiger partial charge is 0.0622 e. The van der Waals surface area contributed by atoms with Gasteiger partial charge in [-0.25, -0.2) is 0 Å². The van der Waals surface area contributed by atoms with Gasteiger partial charge in [0.2, 0.25) is 0 Å². The second-order valence-corrected chi connectivity index (χ2v) is 4.51. The van der Waals surface area contributed by atoms with Gasteiger partial charge in [0, 0.05) is 0 Å². The molecule has 0 spiro atoms. The average molecular weight is 142 g/mol. The third kappa shape index (κ3) is 0.329. The second-order valence-electron chi connectivity index (χ2n) is 4.51. The summed E-state index contributed by atoms with van der Waals surface area (Å²) in [4.78, 5) is 0. The first kappa shape index (κ1) is 4.97. The van der Waals surface area contributed by atoms with E-state index in [4.69, 9.17) is 0 Å². The summed E-state index contributed by atoms with van der Waals surface area (Å²) in [6.45, 7) is 0. The van der Waals surface area contributed by atoms with Crippen molar-refractivity contribution in [2.75, 3.05) is 0 Å². The molecule has 3 aliphatic carbocycles. The van der Waals surface area contributed by atoms with Crippen LogP contribution in [0.1, 0.15) is 24.3 Å². The van der Waals surface area contributed by atoms with Gasteiger partial charge in [0.15, 0.2) is 0 Å². The third-order valence-electron chi connectivity index (χ3n) is 4.16. The van der Waals surface area contributed by atoms with Crippen molar-refractivity contribution in [1.82, 2.24) is 0 Å². The first-order valence-corrected chi connectivity index (χ1v) is 4.44. The van der Waals surface area contributed by atoms with Crippen molar-refractivity contribution in [3.63, 3.8) is 0 Å². The van der Waals surface area contributed by atoms with Crippen LogP contribution in [0.2, 0.25) is 0 Å². The summed E-state index contributed by atoms with van der Waals surface area (Å²) in [6, 6.07) is 11.0. The third-order valence-corrected chi connectivity index (χ3v) is 4.16. The Hall–Kier alpha value is -0.780. The summed E-state index contributed by atoms with van der Waals surface area (Å²) < 4.78 is 0. The predicted octanol–water partition coefficient (Wildman–Crippen LogP) is 2.56. The smallest absolute Gasteiger partial charge is 0.00368 e. The quantitative estimate of drug-likeness (QED) is 0.565. The Bertz CT molecular complexity index is 316. The molecule has 1 aromatic rings. The van der Waals surface area contributed by atoms with Gasteiger partial charge in [-0.05, 0) is 35.2 Å². The van der Waals surface area contributed by atoms with Gasteiger partial charge < -0.3 is 0 Å². The molecule has 0 saturated heterocycles. The standard InChI is InChI=1S/C11H10/c1-2-4-8(5-3-1)9-10-6-11(9,10)7-10/h1-5,9H,6-7H2. The minimum absolute atomic E-state index is 0.883. The topological polar surface area (TPSA) is 0 Å². The lowest BCUT2D eigenvalue weighted by molar-refractivity contribution is 0.409. The highest BCUT2D eigenvalue weighted by molar-refractivity contribution is 5.60. The maximum atomic E-state index is 2.29. The first-order chi connectivity index (χ1) is 5.39. The zero-order valence-corrected chi connectivity index (χ0v) is 6.38. The van der Waals surface area contributed by atoms with Crippen LogP contribution in [0.3, 0.4) is 0 Å². The molecule has 0 aliphatic heterocycles. The molecule has 1 aromatic carbocycles. The van der Waals surface area contributed by atoms with Crippen LogP contribution >= 0.6 is 0 Å². The van der Waals surface area contributed by atoms with Crippen LogP contribution < -0.4 is 0 Å². The van der Waals surface area contributed by atoms with Crippen molar-refractivity contribution < 1.29 is 0 Å². The van der Waals surface area contributed by atoms with E-state index in [1.165, 1.54) is 0 Å². The molecule has 0 atom stereocenters. The van der Waals surface area contributed by atoms with Gasteiger partial charge >= 0.3 is 0 Å². The molecule has 0 amide bonds. The summed E-state index contributed by atoms with van der Waals surface area (Å²) in [6.07, 6.45) is 3.11. The molecule has 4 rings (SSSR count). The number of hydrogen-bond donors (Lipinski definition) is 0. The maximum absolute atomic E-state index is 2.29. The van der Waals surface area contributed by atoms with Crippen molar-refractivity contribution >= 4 is 0 Å². The highest BCUT2D eigenvalue weighted by Crippen LogP contribution is 3.12. The van der Waals surface area contributed by atoms with E-state index in [-0.39, 0.29) is 0 Å². The van der Waals surface area contributed by atoms with Crippen molar-refractivity contribution in [1.29, 1.82) is 0 Å². The SMILES string of the molecule is c1ccc(C2C34CC23C4)cc1. The van der Waals surface area contributed by atoms with Crippen LogP contribution in [0, 0.1) is 10.8 Å². The highest BCUT2D eigenvalue weighted by Gasteiger charge is 3.04. The lowest BCUT2D eigenvalue weighted by Crippen LogP contribution is -2.09. The van der Waals surface area contributed by atoms with Gasteiger partial charge in [-0.2, -0.15) is 0 Å². The molecular formula is C11H10. The highest BCUT2D eigenvalue weighted by atomic mass is 15.1.